The van der Waals surface area contributed by atoms with E-state index in [9.17, 15) is 28.8 Å². The summed E-state index contributed by atoms with van der Waals surface area (Å²) in [6, 6.07) is 10.4. The summed E-state index contributed by atoms with van der Waals surface area (Å²) >= 11 is 0. The number of anilines is 2. The average Bonchev–Trinajstić information content (AvgIpc) is 3.64. The van der Waals surface area contributed by atoms with Crippen LogP contribution in [0.2, 0.25) is 0 Å². The van der Waals surface area contributed by atoms with Crippen LogP contribution in [0.15, 0.2) is 83.6 Å². The van der Waals surface area contributed by atoms with Crippen molar-refractivity contribution in [3.63, 3.8) is 0 Å². The van der Waals surface area contributed by atoms with E-state index in [1.807, 2.05) is 60.0 Å². The normalized spacial score (nSPS) is 19.4. The van der Waals surface area contributed by atoms with E-state index in [0.29, 0.717) is 42.8 Å². The lowest BCUT2D eigenvalue weighted by atomic mass is 10.0. The Bertz CT molecular complexity index is 1790. The summed E-state index contributed by atoms with van der Waals surface area (Å²) in [4.78, 5) is 82.1. The van der Waals surface area contributed by atoms with Crippen LogP contribution in [0.1, 0.15) is 25.0 Å². The van der Waals surface area contributed by atoms with E-state index in [2.05, 4.69) is 0 Å². The van der Waals surface area contributed by atoms with Gasteiger partial charge in [0.15, 0.2) is 11.5 Å². The standard InChI is InChI=1S/C35H34N6O8/c1-7-40-24-18-20(9-13-26(24)48-28(40)15-11-22-30(42)36(3)34(46)37(4)31(22)43)17-21-10-14-27-25(19-21)41(8-2)29(49-27)16-12-23-32(44)38(5)35(47)39(6)33(23)45/h9-16,18-19H,7-8,17H2,1-6H3/b28-15-,29-16+. The number of rotatable bonds is 6. The van der Waals surface area contributed by atoms with Gasteiger partial charge in [-0.15, -0.1) is 0 Å². The van der Waals surface area contributed by atoms with Crippen LogP contribution in [-0.2, 0) is 25.6 Å². The van der Waals surface area contributed by atoms with E-state index in [0.717, 1.165) is 42.1 Å². The molecule has 2 fully saturated rings. The molecule has 252 valence electrons. The number of ether oxygens (including phenoxy) is 2. The molecule has 14 nitrogen and oxygen atoms in total. The van der Waals surface area contributed by atoms with Gasteiger partial charge in [0.05, 0.1) is 11.4 Å². The summed E-state index contributed by atoms with van der Waals surface area (Å²) in [7, 11) is 5.30. The molecule has 0 aromatic heterocycles. The lowest BCUT2D eigenvalue weighted by Crippen LogP contribution is -2.53. The molecule has 4 aliphatic rings. The SMILES string of the molecule is CCN1/C(=C/C=C2C(=O)N(C)C(=O)N(C)C2=O)Oc2ccc(Cc3ccc4c(c3)N(CC)/C(=C\C=C3C(=O)N(C)C(=O)N(C)C3=O)O4)cc21. The molecule has 4 heterocycles. The average molecular weight is 667 g/mol. The van der Waals surface area contributed by atoms with Crippen molar-refractivity contribution in [3.8, 4) is 11.5 Å². The van der Waals surface area contributed by atoms with Crippen LogP contribution in [0.4, 0.5) is 21.0 Å². The Labute approximate surface area is 282 Å². The fraction of sp³-hybridized carbons (Fsp3) is 0.257. The Morgan fingerprint density at radius 1 is 0.531 bits per heavy atom. The Hall–Kier alpha value is -6.18. The van der Waals surface area contributed by atoms with Crippen LogP contribution in [0.25, 0.3) is 0 Å². The van der Waals surface area contributed by atoms with Gasteiger partial charge in [-0.1, -0.05) is 12.1 Å². The topological polar surface area (TPSA) is 140 Å². The molecule has 0 N–H and O–H groups in total. The monoisotopic (exact) mass is 666 g/mol. The number of barbiturate groups is 2. The van der Waals surface area contributed by atoms with E-state index in [4.69, 9.17) is 9.47 Å². The number of amides is 8. The summed E-state index contributed by atoms with van der Waals surface area (Å²) < 4.78 is 12.2. The van der Waals surface area contributed by atoms with Gasteiger partial charge in [-0.25, -0.2) is 9.59 Å². The molecule has 14 heteroatoms. The second-order valence-electron chi connectivity index (χ2n) is 11.7. The summed E-state index contributed by atoms with van der Waals surface area (Å²) in [6.07, 6.45) is 6.46. The lowest BCUT2D eigenvalue weighted by Gasteiger charge is -2.28. The van der Waals surface area contributed by atoms with Gasteiger partial charge in [0.25, 0.3) is 23.6 Å². The molecule has 8 amide bonds. The van der Waals surface area contributed by atoms with Gasteiger partial charge in [0.1, 0.15) is 11.1 Å². The third kappa shape index (κ3) is 5.50. The second-order valence-corrected chi connectivity index (χ2v) is 11.7. The van der Waals surface area contributed by atoms with Crippen LogP contribution in [0.3, 0.4) is 0 Å². The maximum Gasteiger partial charge on any atom is 0.333 e. The zero-order chi connectivity index (χ0) is 35.3. The number of hydrogen-bond acceptors (Lipinski definition) is 10. The highest BCUT2D eigenvalue weighted by Crippen LogP contribution is 2.42. The highest BCUT2D eigenvalue weighted by molar-refractivity contribution is 6.29. The number of urea groups is 2. The van der Waals surface area contributed by atoms with Crippen molar-refractivity contribution in [3.05, 3.63) is 94.7 Å². The molecule has 0 spiro atoms. The van der Waals surface area contributed by atoms with Crippen molar-refractivity contribution in [1.82, 2.24) is 19.6 Å². The maximum atomic E-state index is 12.6. The molecule has 6 rings (SSSR count). The molecule has 0 aliphatic carbocycles. The minimum Gasteiger partial charge on any atom is -0.439 e. The Morgan fingerprint density at radius 2 is 0.878 bits per heavy atom. The van der Waals surface area contributed by atoms with Crippen LogP contribution in [0, 0.1) is 0 Å². The molecule has 4 aliphatic heterocycles. The predicted octanol–water partition coefficient (Wildman–Crippen LogP) is 3.35. The molecule has 0 bridgehead atoms. The summed E-state index contributed by atoms with van der Waals surface area (Å²) in [5.41, 5.74) is 3.41. The van der Waals surface area contributed by atoms with Crippen LogP contribution < -0.4 is 19.3 Å². The fourth-order valence-corrected chi connectivity index (χ4v) is 5.95. The number of imide groups is 4. The molecule has 2 aromatic rings. The first kappa shape index (κ1) is 32.7. The van der Waals surface area contributed by atoms with Crippen LogP contribution >= 0.6 is 0 Å². The molecule has 0 radical (unpaired) electrons. The van der Waals surface area contributed by atoms with Crippen molar-refractivity contribution in [2.24, 2.45) is 0 Å². The van der Waals surface area contributed by atoms with Crippen LogP contribution in [0.5, 0.6) is 11.5 Å². The van der Waals surface area contributed by atoms with Crippen molar-refractivity contribution in [1.29, 1.82) is 0 Å². The third-order valence-corrected chi connectivity index (χ3v) is 8.70. The largest absolute Gasteiger partial charge is 0.439 e. The number of hydrogen-bond donors (Lipinski definition) is 0. The van der Waals surface area contributed by atoms with Gasteiger partial charge >= 0.3 is 12.1 Å². The Kier molecular flexibility index (Phi) is 8.32. The van der Waals surface area contributed by atoms with E-state index in [1.165, 1.54) is 40.3 Å². The van der Waals surface area contributed by atoms with Crippen molar-refractivity contribution in [2.45, 2.75) is 20.3 Å². The molecule has 2 aromatic carbocycles. The third-order valence-electron chi connectivity index (χ3n) is 8.70. The zero-order valence-electron chi connectivity index (χ0n) is 27.8. The summed E-state index contributed by atoms with van der Waals surface area (Å²) in [5, 5.41) is 0. The molecule has 0 unspecified atom stereocenters. The van der Waals surface area contributed by atoms with Crippen molar-refractivity contribution < 1.29 is 38.2 Å². The number of carbonyl (C=O) groups is 6. The van der Waals surface area contributed by atoms with Gasteiger partial charge < -0.3 is 19.3 Å². The van der Waals surface area contributed by atoms with Gasteiger partial charge in [0.2, 0.25) is 11.8 Å². The van der Waals surface area contributed by atoms with Gasteiger partial charge in [-0.05, 0) is 80.0 Å². The van der Waals surface area contributed by atoms with Gasteiger partial charge in [0, 0.05) is 41.3 Å². The van der Waals surface area contributed by atoms with E-state index >= 15 is 0 Å². The predicted molar refractivity (Wildman–Crippen MR) is 177 cm³/mol. The van der Waals surface area contributed by atoms with E-state index in [1.54, 1.807) is 12.2 Å². The van der Waals surface area contributed by atoms with E-state index < -0.39 is 35.7 Å². The quantitative estimate of drug-likeness (QED) is 0.333. The number of allylic oxidation sites excluding steroid dienone is 4. The number of carbonyl (C=O) groups excluding carboxylic acids is 6. The van der Waals surface area contributed by atoms with Crippen molar-refractivity contribution >= 4 is 47.1 Å². The highest BCUT2D eigenvalue weighted by Gasteiger charge is 2.39. The minimum absolute atomic E-state index is 0.141. The van der Waals surface area contributed by atoms with E-state index in [-0.39, 0.29) is 11.1 Å². The molecule has 2 saturated heterocycles. The molecular formula is C35H34N6O8. The molecular weight excluding hydrogens is 632 g/mol. The maximum absolute atomic E-state index is 12.6. The molecule has 0 atom stereocenters. The first-order chi connectivity index (χ1) is 23.4. The Morgan fingerprint density at radius 3 is 1.20 bits per heavy atom. The minimum atomic E-state index is -0.689. The molecule has 0 saturated carbocycles. The number of nitrogens with zero attached hydrogens (tertiary/aromatic N) is 6. The zero-order valence-corrected chi connectivity index (χ0v) is 27.8. The first-order valence-corrected chi connectivity index (χ1v) is 15.6. The fourth-order valence-electron chi connectivity index (χ4n) is 5.95. The van der Waals surface area contributed by atoms with Gasteiger partial charge in [-0.2, -0.15) is 0 Å². The van der Waals surface area contributed by atoms with Gasteiger partial charge in [-0.3, -0.25) is 38.8 Å². The first-order valence-electron chi connectivity index (χ1n) is 15.6. The highest BCUT2D eigenvalue weighted by atomic mass is 16.5. The second kappa shape index (κ2) is 12.4. The summed E-state index contributed by atoms with van der Waals surface area (Å²) in [5.74, 6) is -0.594. The number of benzene rings is 2. The smallest absolute Gasteiger partial charge is 0.333 e. The molecule has 49 heavy (non-hydrogen) atoms. The van der Waals surface area contributed by atoms with Crippen LogP contribution in [-0.4, -0.2) is 96.6 Å². The lowest BCUT2D eigenvalue weighted by molar-refractivity contribution is -0.136. The van der Waals surface area contributed by atoms with Crippen molar-refractivity contribution in [2.75, 3.05) is 51.1 Å². The number of fused-ring (bicyclic) bond motifs is 2. The summed E-state index contributed by atoms with van der Waals surface area (Å²) in [6.45, 7) is 5.03. The Balaban J connectivity index is 1.21. The number of likely N-dealkylation sites (N-methyl/N-ethyl adjacent to an activating group) is 4.